The number of nitrogens with two attached hydrogens (primary N) is 1. The minimum absolute atomic E-state index is 1.01. The average Bonchev–Trinajstić information content (AvgIpc) is 2.28. The smallest absolute Gasteiger partial charge is 0.0351 e. The van der Waals surface area contributed by atoms with Gasteiger partial charge in [0, 0.05) is 5.69 Å². The standard InChI is InChI=1S/C12H17N/c1-9-7-10-5-3-2-4-6-11(10)12(13)8-9/h7-8H,2-6,13H2,1H3. The molecule has 0 aromatic heterocycles. The molecule has 70 valence electrons. The van der Waals surface area contributed by atoms with E-state index in [0.29, 0.717) is 0 Å². The Morgan fingerprint density at radius 3 is 2.69 bits per heavy atom. The molecular formula is C12H17N. The van der Waals surface area contributed by atoms with E-state index in [0.717, 1.165) is 5.69 Å². The van der Waals surface area contributed by atoms with E-state index in [1.165, 1.54) is 48.8 Å². The van der Waals surface area contributed by atoms with Gasteiger partial charge in [-0.05, 0) is 55.4 Å². The molecule has 0 saturated heterocycles. The number of rotatable bonds is 0. The maximum Gasteiger partial charge on any atom is 0.0351 e. The van der Waals surface area contributed by atoms with Gasteiger partial charge in [0.15, 0.2) is 0 Å². The van der Waals surface area contributed by atoms with Crippen molar-refractivity contribution < 1.29 is 0 Å². The molecule has 1 aromatic rings. The summed E-state index contributed by atoms with van der Waals surface area (Å²) in [6.07, 6.45) is 6.39. The summed E-state index contributed by atoms with van der Waals surface area (Å²) in [5.41, 5.74) is 11.2. The first-order chi connectivity index (χ1) is 6.27. The summed E-state index contributed by atoms with van der Waals surface area (Å²) in [6, 6.07) is 4.40. The Balaban J connectivity index is 2.47. The van der Waals surface area contributed by atoms with E-state index in [9.17, 15) is 0 Å². The van der Waals surface area contributed by atoms with Gasteiger partial charge >= 0.3 is 0 Å². The highest BCUT2D eigenvalue weighted by atomic mass is 14.6. The van der Waals surface area contributed by atoms with Gasteiger partial charge in [-0.1, -0.05) is 12.5 Å². The van der Waals surface area contributed by atoms with Crippen molar-refractivity contribution in [3.05, 3.63) is 28.8 Å². The lowest BCUT2D eigenvalue weighted by Gasteiger charge is -2.10. The molecule has 0 radical (unpaired) electrons. The highest BCUT2D eigenvalue weighted by molar-refractivity contribution is 5.53. The molecule has 1 aromatic carbocycles. The zero-order chi connectivity index (χ0) is 9.26. The molecular weight excluding hydrogens is 158 g/mol. The van der Waals surface area contributed by atoms with Crippen LogP contribution < -0.4 is 5.73 Å². The second-order valence-electron chi connectivity index (χ2n) is 4.05. The van der Waals surface area contributed by atoms with Gasteiger partial charge in [0.25, 0.3) is 0 Å². The first-order valence-corrected chi connectivity index (χ1v) is 5.15. The third kappa shape index (κ3) is 1.69. The molecule has 0 atom stereocenters. The van der Waals surface area contributed by atoms with Crippen LogP contribution >= 0.6 is 0 Å². The van der Waals surface area contributed by atoms with Crippen LogP contribution in [0.5, 0.6) is 0 Å². The molecule has 1 aliphatic carbocycles. The SMILES string of the molecule is Cc1cc(N)c2c(c1)CCCCC2. The van der Waals surface area contributed by atoms with Gasteiger partial charge in [-0.2, -0.15) is 0 Å². The fourth-order valence-corrected chi connectivity index (χ4v) is 2.24. The van der Waals surface area contributed by atoms with Crippen LogP contribution in [0, 0.1) is 6.92 Å². The first kappa shape index (κ1) is 8.61. The van der Waals surface area contributed by atoms with Crippen molar-refractivity contribution in [1.29, 1.82) is 0 Å². The summed E-state index contributed by atoms with van der Waals surface area (Å²) in [4.78, 5) is 0. The Labute approximate surface area is 80.0 Å². The second-order valence-corrected chi connectivity index (χ2v) is 4.05. The molecule has 2 N–H and O–H groups in total. The van der Waals surface area contributed by atoms with Crippen LogP contribution in [0.3, 0.4) is 0 Å². The van der Waals surface area contributed by atoms with Gasteiger partial charge in [-0.3, -0.25) is 0 Å². The van der Waals surface area contributed by atoms with Crippen LogP contribution in [0.15, 0.2) is 12.1 Å². The predicted molar refractivity (Wildman–Crippen MR) is 56.9 cm³/mol. The van der Waals surface area contributed by atoms with Crippen molar-refractivity contribution in [3.8, 4) is 0 Å². The summed E-state index contributed by atoms with van der Waals surface area (Å²) in [6.45, 7) is 2.13. The van der Waals surface area contributed by atoms with Crippen LogP contribution in [0.4, 0.5) is 5.69 Å². The number of benzene rings is 1. The fraction of sp³-hybridized carbons (Fsp3) is 0.500. The number of fused-ring (bicyclic) bond motifs is 1. The van der Waals surface area contributed by atoms with Crippen molar-refractivity contribution in [3.63, 3.8) is 0 Å². The minimum atomic E-state index is 1.01. The van der Waals surface area contributed by atoms with E-state index < -0.39 is 0 Å². The number of hydrogen-bond donors (Lipinski definition) is 1. The summed E-state index contributed by atoms with van der Waals surface area (Å²) >= 11 is 0. The van der Waals surface area contributed by atoms with Gasteiger partial charge in [-0.25, -0.2) is 0 Å². The summed E-state index contributed by atoms with van der Waals surface area (Å²) in [7, 11) is 0. The van der Waals surface area contributed by atoms with E-state index in [1.807, 2.05) is 0 Å². The molecule has 0 fully saturated rings. The molecule has 2 rings (SSSR count). The molecule has 1 heteroatoms. The van der Waals surface area contributed by atoms with E-state index in [2.05, 4.69) is 19.1 Å². The average molecular weight is 175 g/mol. The Hall–Kier alpha value is -0.980. The lowest BCUT2D eigenvalue weighted by molar-refractivity contribution is 0.712. The van der Waals surface area contributed by atoms with Gasteiger partial charge in [0.1, 0.15) is 0 Å². The van der Waals surface area contributed by atoms with Crippen LogP contribution in [0.25, 0.3) is 0 Å². The maximum atomic E-state index is 6.01. The molecule has 0 heterocycles. The van der Waals surface area contributed by atoms with Crippen molar-refractivity contribution in [1.82, 2.24) is 0 Å². The zero-order valence-corrected chi connectivity index (χ0v) is 8.27. The van der Waals surface area contributed by atoms with Crippen LogP contribution in [-0.2, 0) is 12.8 Å². The maximum absolute atomic E-state index is 6.01. The Morgan fingerprint density at radius 1 is 1.08 bits per heavy atom. The highest BCUT2D eigenvalue weighted by Gasteiger charge is 2.10. The Morgan fingerprint density at radius 2 is 1.85 bits per heavy atom. The van der Waals surface area contributed by atoms with Crippen molar-refractivity contribution in [2.75, 3.05) is 5.73 Å². The number of hydrogen-bond acceptors (Lipinski definition) is 1. The van der Waals surface area contributed by atoms with Crippen LogP contribution in [-0.4, -0.2) is 0 Å². The molecule has 0 saturated carbocycles. The third-order valence-corrected chi connectivity index (χ3v) is 2.89. The number of nitrogen functional groups attached to an aromatic ring is 1. The summed E-state index contributed by atoms with van der Waals surface area (Å²) < 4.78 is 0. The monoisotopic (exact) mass is 175 g/mol. The first-order valence-electron chi connectivity index (χ1n) is 5.15. The van der Waals surface area contributed by atoms with E-state index >= 15 is 0 Å². The molecule has 0 amide bonds. The summed E-state index contributed by atoms with van der Waals surface area (Å²) in [5, 5.41) is 0. The van der Waals surface area contributed by atoms with Crippen LogP contribution in [0.2, 0.25) is 0 Å². The Bertz CT molecular complexity index is 315. The fourth-order valence-electron chi connectivity index (χ4n) is 2.24. The van der Waals surface area contributed by atoms with Gasteiger partial charge in [-0.15, -0.1) is 0 Å². The quantitative estimate of drug-likeness (QED) is 0.476. The van der Waals surface area contributed by atoms with E-state index in [-0.39, 0.29) is 0 Å². The van der Waals surface area contributed by atoms with Gasteiger partial charge < -0.3 is 5.73 Å². The third-order valence-electron chi connectivity index (χ3n) is 2.89. The number of anilines is 1. The zero-order valence-electron chi connectivity index (χ0n) is 8.27. The minimum Gasteiger partial charge on any atom is -0.398 e. The topological polar surface area (TPSA) is 26.0 Å². The van der Waals surface area contributed by atoms with Gasteiger partial charge in [0.05, 0.1) is 0 Å². The van der Waals surface area contributed by atoms with E-state index in [1.54, 1.807) is 0 Å². The molecule has 0 bridgehead atoms. The molecule has 1 nitrogen and oxygen atoms in total. The van der Waals surface area contributed by atoms with Crippen molar-refractivity contribution in [2.24, 2.45) is 0 Å². The van der Waals surface area contributed by atoms with Crippen molar-refractivity contribution in [2.45, 2.75) is 39.0 Å². The van der Waals surface area contributed by atoms with Crippen molar-refractivity contribution >= 4 is 5.69 Å². The van der Waals surface area contributed by atoms with Crippen LogP contribution in [0.1, 0.15) is 36.0 Å². The highest BCUT2D eigenvalue weighted by Crippen LogP contribution is 2.26. The molecule has 13 heavy (non-hydrogen) atoms. The largest absolute Gasteiger partial charge is 0.398 e. The molecule has 0 aliphatic heterocycles. The predicted octanol–water partition coefficient (Wildman–Crippen LogP) is 2.85. The second kappa shape index (κ2) is 3.41. The molecule has 1 aliphatic rings. The normalized spacial score (nSPS) is 16.4. The summed E-state index contributed by atoms with van der Waals surface area (Å²) in [5.74, 6) is 0. The lowest BCUT2D eigenvalue weighted by atomic mass is 9.98. The number of aryl methyl sites for hydroxylation is 2. The van der Waals surface area contributed by atoms with E-state index in [4.69, 9.17) is 5.73 Å². The van der Waals surface area contributed by atoms with Gasteiger partial charge in [0.2, 0.25) is 0 Å². The lowest BCUT2D eigenvalue weighted by Crippen LogP contribution is -1.99. The molecule has 0 spiro atoms. The molecule has 0 unspecified atom stereocenters. The Kier molecular flexibility index (Phi) is 2.26.